The third kappa shape index (κ3) is 3.59. The third-order valence-electron chi connectivity index (χ3n) is 5.74. The average molecular weight is 388 g/mol. The molecule has 26 heavy (non-hydrogen) atoms. The lowest BCUT2D eigenvalue weighted by molar-refractivity contribution is 0.157. The molecule has 2 N–H and O–H groups in total. The predicted molar refractivity (Wildman–Crippen MR) is 107 cm³/mol. The molecule has 0 saturated heterocycles. The first kappa shape index (κ1) is 17.8. The van der Waals surface area contributed by atoms with E-state index in [-0.39, 0.29) is 5.75 Å². The van der Waals surface area contributed by atoms with Crippen molar-refractivity contribution in [3.8, 4) is 0 Å². The van der Waals surface area contributed by atoms with Gasteiger partial charge >= 0.3 is 0 Å². The molecule has 1 fully saturated rings. The van der Waals surface area contributed by atoms with E-state index in [0.29, 0.717) is 5.41 Å². The van der Waals surface area contributed by atoms with Gasteiger partial charge in [0.25, 0.3) is 0 Å². The molecule has 2 aromatic carbocycles. The van der Waals surface area contributed by atoms with Crippen LogP contribution in [-0.4, -0.2) is 8.42 Å². The van der Waals surface area contributed by atoms with Crippen LogP contribution < -0.4 is 5.14 Å². The Hall–Kier alpha value is -1.62. The lowest BCUT2D eigenvalue weighted by atomic mass is 9.66. The Bertz CT molecular complexity index is 956. The van der Waals surface area contributed by atoms with Crippen LogP contribution in [0.2, 0.25) is 5.02 Å². The fraction of sp³-hybridized carbons (Fsp3) is 0.333. The van der Waals surface area contributed by atoms with Crippen LogP contribution in [0.4, 0.5) is 0 Å². The van der Waals surface area contributed by atoms with Crippen molar-refractivity contribution >= 4 is 32.8 Å². The fourth-order valence-corrected chi connectivity index (χ4v) is 5.08. The van der Waals surface area contributed by atoms with E-state index in [2.05, 4.69) is 12.1 Å². The summed E-state index contributed by atoms with van der Waals surface area (Å²) in [5.41, 5.74) is 6.35. The summed E-state index contributed by atoms with van der Waals surface area (Å²) in [7, 11) is -3.50. The largest absolute Gasteiger partial charge is 0.228 e. The molecule has 0 atom stereocenters. The molecule has 3 nitrogen and oxygen atoms in total. The van der Waals surface area contributed by atoms with Crippen molar-refractivity contribution in [1.29, 1.82) is 0 Å². The molecule has 2 aliphatic carbocycles. The van der Waals surface area contributed by atoms with Crippen LogP contribution in [0.5, 0.6) is 0 Å². The SMILES string of the molecule is NS(=O)(=O)Cc1ccc(C2=C(c3ccc(Cl)cc3)CC3(CCC3)C2)cc1. The van der Waals surface area contributed by atoms with E-state index in [1.165, 1.54) is 41.5 Å². The number of allylic oxidation sites excluding steroid dienone is 2. The van der Waals surface area contributed by atoms with Gasteiger partial charge in [-0.05, 0) is 71.1 Å². The molecule has 1 spiro atoms. The summed E-state index contributed by atoms with van der Waals surface area (Å²) >= 11 is 6.06. The van der Waals surface area contributed by atoms with Crippen molar-refractivity contribution in [2.75, 3.05) is 0 Å². The molecule has 1 saturated carbocycles. The summed E-state index contributed by atoms with van der Waals surface area (Å²) in [4.78, 5) is 0. The highest BCUT2D eigenvalue weighted by atomic mass is 35.5. The molecule has 0 aromatic heterocycles. The van der Waals surface area contributed by atoms with Gasteiger partial charge in [-0.15, -0.1) is 0 Å². The van der Waals surface area contributed by atoms with E-state index in [1.54, 1.807) is 0 Å². The van der Waals surface area contributed by atoms with Gasteiger partial charge in [0, 0.05) is 5.02 Å². The molecule has 0 unspecified atom stereocenters. The zero-order chi connectivity index (χ0) is 18.4. The highest BCUT2D eigenvalue weighted by Crippen LogP contribution is 2.59. The van der Waals surface area contributed by atoms with Crippen molar-refractivity contribution in [3.05, 3.63) is 70.2 Å². The molecular weight excluding hydrogens is 366 g/mol. The van der Waals surface area contributed by atoms with E-state index in [1.807, 2.05) is 36.4 Å². The second kappa shape index (κ2) is 6.52. The molecule has 0 bridgehead atoms. The summed E-state index contributed by atoms with van der Waals surface area (Å²) < 4.78 is 22.6. The number of halogens is 1. The average Bonchev–Trinajstić information content (AvgIpc) is 2.96. The molecule has 2 aliphatic rings. The van der Waals surface area contributed by atoms with Crippen LogP contribution in [0.3, 0.4) is 0 Å². The number of rotatable bonds is 4. The maximum Gasteiger partial charge on any atom is 0.213 e. The van der Waals surface area contributed by atoms with Crippen LogP contribution in [-0.2, 0) is 15.8 Å². The minimum absolute atomic E-state index is 0.125. The topological polar surface area (TPSA) is 60.2 Å². The van der Waals surface area contributed by atoms with Gasteiger partial charge in [0.1, 0.15) is 0 Å². The zero-order valence-corrected chi connectivity index (χ0v) is 16.1. The minimum Gasteiger partial charge on any atom is -0.228 e. The van der Waals surface area contributed by atoms with E-state index in [4.69, 9.17) is 16.7 Å². The Morgan fingerprint density at radius 1 is 0.885 bits per heavy atom. The Kier molecular flexibility index (Phi) is 4.46. The molecule has 0 heterocycles. The van der Waals surface area contributed by atoms with Gasteiger partial charge in [0.15, 0.2) is 0 Å². The Morgan fingerprint density at radius 3 is 1.81 bits per heavy atom. The van der Waals surface area contributed by atoms with Crippen molar-refractivity contribution < 1.29 is 8.42 Å². The number of benzene rings is 2. The first-order valence-electron chi connectivity index (χ1n) is 8.91. The van der Waals surface area contributed by atoms with Gasteiger partial charge in [-0.2, -0.15) is 0 Å². The first-order valence-corrected chi connectivity index (χ1v) is 11.0. The Balaban J connectivity index is 1.70. The molecule has 0 amide bonds. The number of sulfonamides is 1. The monoisotopic (exact) mass is 387 g/mol. The van der Waals surface area contributed by atoms with Gasteiger partial charge in [0.05, 0.1) is 5.75 Å². The second-order valence-corrected chi connectivity index (χ2v) is 9.73. The van der Waals surface area contributed by atoms with Crippen molar-refractivity contribution in [3.63, 3.8) is 0 Å². The molecule has 136 valence electrons. The number of hydrogen-bond donors (Lipinski definition) is 1. The summed E-state index contributed by atoms with van der Waals surface area (Å²) in [5, 5.41) is 5.90. The van der Waals surface area contributed by atoms with Gasteiger partial charge in [-0.1, -0.05) is 54.4 Å². The maximum atomic E-state index is 11.3. The van der Waals surface area contributed by atoms with Crippen LogP contribution in [0.1, 0.15) is 48.8 Å². The number of nitrogens with two attached hydrogens (primary N) is 1. The van der Waals surface area contributed by atoms with Gasteiger partial charge in [-0.3, -0.25) is 0 Å². The zero-order valence-electron chi connectivity index (χ0n) is 14.5. The Labute approximate surface area is 159 Å². The first-order chi connectivity index (χ1) is 12.3. The van der Waals surface area contributed by atoms with Crippen LogP contribution in [0, 0.1) is 5.41 Å². The molecule has 0 aliphatic heterocycles. The molecule has 2 aromatic rings. The summed E-state index contributed by atoms with van der Waals surface area (Å²) in [6, 6.07) is 15.9. The van der Waals surface area contributed by atoms with Crippen molar-refractivity contribution in [2.45, 2.75) is 37.9 Å². The van der Waals surface area contributed by atoms with Crippen LogP contribution in [0.15, 0.2) is 48.5 Å². The van der Waals surface area contributed by atoms with E-state index in [0.717, 1.165) is 23.4 Å². The lowest BCUT2D eigenvalue weighted by Crippen LogP contribution is -2.26. The highest BCUT2D eigenvalue weighted by Gasteiger charge is 2.43. The normalized spacial score (nSPS) is 19.0. The Morgan fingerprint density at radius 2 is 1.38 bits per heavy atom. The van der Waals surface area contributed by atoms with Gasteiger partial charge < -0.3 is 0 Å². The maximum absolute atomic E-state index is 11.3. The van der Waals surface area contributed by atoms with E-state index >= 15 is 0 Å². The van der Waals surface area contributed by atoms with Gasteiger partial charge in [-0.25, -0.2) is 13.6 Å². The highest BCUT2D eigenvalue weighted by molar-refractivity contribution is 7.88. The molecule has 5 heteroatoms. The molecule has 0 radical (unpaired) electrons. The van der Waals surface area contributed by atoms with Crippen LogP contribution >= 0.6 is 11.6 Å². The minimum atomic E-state index is -3.50. The summed E-state index contributed by atoms with van der Waals surface area (Å²) in [6.45, 7) is 0. The third-order valence-corrected chi connectivity index (χ3v) is 6.73. The fourth-order valence-electron chi connectivity index (χ4n) is 4.29. The van der Waals surface area contributed by atoms with E-state index < -0.39 is 10.0 Å². The molecular formula is C21H22ClNO2S. The lowest BCUT2D eigenvalue weighted by Gasteiger charge is -2.39. The van der Waals surface area contributed by atoms with Crippen molar-refractivity contribution in [2.24, 2.45) is 10.6 Å². The summed E-state index contributed by atoms with van der Waals surface area (Å²) in [6.07, 6.45) is 6.10. The quantitative estimate of drug-likeness (QED) is 0.802. The summed E-state index contributed by atoms with van der Waals surface area (Å²) in [5.74, 6) is -0.125. The smallest absolute Gasteiger partial charge is 0.213 e. The van der Waals surface area contributed by atoms with Crippen LogP contribution in [0.25, 0.3) is 11.1 Å². The standard InChI is InChI=1S/C21H22ClNO2S/c22-18-8-6-17(7-9-18)20-13-21(10-1-11-21)12-19(20)16-4-2-15(3-5-16)14-26(23,24)25/h2-9H,1,10-14H2,(H2,23,24,25). The predicted octanol–water partition coefficient (Wildman–Crippen LogP) is 5.00. The van der Waals surface area contributed by atoms with Gasteiger partial charge in [0.2, 0.25) is 10.0 Å². The second-order valence-electron chi connectivity index (χ2n) is 7.68. The van der Waals surface area contributed by atoms with E-state index in [9.17, 15) is 8.42 Å². The van der Waals surface area contributed by atoms with Crippen molar-refractivity contribution in [1.82, 2.24) is 0 Å². The number of hydrogen-bond acceptors (Lipinski definition) is 2. The molecule has 4 rings (SSSR count). The number of primary sulfonamides is 1.